The van der Waals surface area contributed by atoms with Crippen molar-refractivity contribution in [2.45, 2.75) is 38.1 Å². The van der Waals surface area contributed by atoms with Crippen molar-refractivity contribution in [2.75, 3.05) is 11.9 Å². The highest BCUT2D eigenvalue weighted by Gasteiger charge is 2.23. The van der Waals surface area contributed by atoms with Crippen molar-refractivity contribution in [1.82, 2.24) is 10.3 Å². The summed E-state index contributed by atoms with van der Waals surface area (Å²) in [7, 11) is 0. The number of hydrogen-bond acceptors (Lipinski definition) is 3. The summed E-state index contributed by atoms with van der Waals surface area (Å²) < 4.78 is 14.2. The Morgan fingerprint density at radius 1 is 1.12 bits per heavy atom. The number of pyridine rings is 1. The summed E-state index contributed by atoms with van der Waals surface area (Å²) in [4.78, 5) is 4.12. The largest absolute Gasteiger partial charge is 0.359 e. The summed E-state index contributed by atoms with van der Waals surface area (Å²) in [6.45, 7) is 0.997. The highest BCUT2D eigenvalue weighted by atomic mass is 19.1. The van der Waals surface area contributed by atoms with Crippen LogP contribution in [0.15, 0.2) is 54.5 Å². The van der Waals surface area contributed by atoms with Gasteiger partial charge in [0.05, 0.1) is 11.7 Å². The maximum atomic E-state index is 14.2. The molecular formula is C21H24FN3. The molecule has 25 heavy (non-hydrogen) atoms. The van der Waals surface area contributed by atoms with Crippen LogP contribution < -0.4 is 10.6 Å². The van der Waals surface area contributed by atoms with E-state index in [4.69, 9.17) is 0 Å². The van der Waals surface area contributed by atoms with Crippen molar-refractivity contribution in [3.63, 3.8) is 0 Å². The zero-order chi connectivity index (χ0) is 17.1. The second-order valence-electron chi connectivity index (χ2n) is 7.10. The van der Waals surface area contributed by atoms with Gasteiger partial charge in [-0.05, 0) is 80.0 Å². The van der Waals surface area contributed by atoms with Crippen molar-refractivity contribution in [1.29, 1.82) is 0 Å². The van der Waals surface area contributed by atoms with E-state index in [1.54, 1.807) is 6.07 Å². The van der Waals surface area contributed by atoms with Crippen LogP contribution in [0.5, 0.6) is 0 Å². The van der Waals surface area contributed by atoms with Gasteiger partial charge in [-0.2, -0.15) is 0 Å². The average molecular weight is 337 g/mol. The summed E-state index contributed by atoms with van der Waals surface area (Å²) in [6, 6.07) is 9.47. The van der Waals surface area contributed by atoms with E-state index in [9.17, 15) is 4.39 Å². The second-order valence-corrected chi connectivity index (χ2v) is 7.10. The number of aromatic nitrogens is 1. The first-order valence-corrected chi connectivity index (χ1v) is 9.17. The highest BCUT2D eigenvalue weighted by Crippen LogP contribution is 2.31. The van der Waals surface area contributed by atoms with Gasteiger partial charge < -0.3 is 10.6 Å². The predicted octanol–water partition coefficient (Wildman–Crippen LogP) is 4.79. The molecule has 4 rings (SSSR count). The zero-order valence-corrected chi connectivity index (χ0v) is 14.3. The Balaban J connectivity index is 1.58. The molecule has 1 aromatic carbocycles. The van der Waals surface area contributed by atoms with Gasteiger partial charge in [0.15, 0.2) is 0 Å². The molecule has 1 aromatic heterocycles. The standard InChI is InChI=1S/C21H24FN3/c22-19-7-6-18(12-20(19)24-13-15-2-1-3-15)21(25-14-16-4-5-16)17-8-10-23-11-9-17/h6-13,16,21,24-25H,1-5,14H2. The smallest absolute Gasteiger partial charge is 0.146 e. The second kappa shape index (κ2) is 7.36. The third-order valence-electron chi connectivity index (χ3n) is 5.10. The van der Waals surface area contributed by atoms with Gasteiger partial charge in [-0.3, -0.25) is 4.98 Å². The monoisotopic (exact) mass is 337 g/mol. The molecule has 2 aliphatic carbocycles. The van der Waals surface area contributed by atoms with Crippen LogP contribution in [0, 0.1) is 11.7 Å². The van der Waals surface area contributed by atoms with E-state index < -0.39 is 0 Å². The molecule has 0 aliphatic heterocycles. The van der Waals surface area contributed by atoms with Crippen molar-refractivity contribution in [3.05, 3.63) is 71.4 Å². The molecular weight excluding hydrogens is 313 g/mol. The Morgan fingerprint density at radius 3 is 2.60 bits per heavy atom. The Bertz CT molecular complexity index is 747. The minimum atomic E-state index is -0.212. The first-order valence-electron chi connectivity index (χ1n) is 9.17. The molecule has 1 unspecified atom stereocenters. The van der Waals surface area contributed by atoms with Gasteiger partial charge >= 0.3 is 0 Å². The number of allylic oxidation sites excluding steroid dienone is 1. The number of hydrogen-bond donors (Lipinski definition) is 2. The van der Waals surface area contributed by atoms with Crippen LogP contribution in [0.3, 0.4) is 0 Å². The fourth-order valence-corrected chi connectivity index (χ4v) is 3.13. The van der Waals surface area contributed by atoms with Crippen LogP contribution in [0.4, 0.5) is 10.1 Å². The minimum Gasteiger partial charge on any atom is -0.359 e. The fraction of sp³-hybridized carbons (Fsp3) is 0.381. The van der Waals surface area contributed by atoms with E-state index in [0.29, 0.717) is 5.69 Å². The van der Waals surface area contributed by atoms with Gasteiger partial charge in [-0.1, -0.05) is 11.6 Å². The average Bonchev–Trinajstić information content (AvgIpc) is 3.41. The molecule has 4 heteroatoms. The van der Waals surface area contributed by atoms with Crippen molar-refractivity contribution >= 4 is 5.69 Å². The molecule has 0 spiro atoms. The first kappa shape index (κ1) is 16.3. The van der Waals surface area contributed by atoms with Crippen LogP contribution in [0.2, 0.25) is 0 Å². The summed E-state index contributed by atoms with van der Waals surface area (Å²) in [6.07, 6.45) is 11.7. The van der Waals surface area contributed by atoms with E-state index in [1.165, 1.54) is 24.8 Å². The third kappa shape index (κ3) is 4.07. The molecule has 2 aliphatic rings. The Kier molecular flexibility index (Phi) is 4.79. The molecule has 2 fully saturated rings. The van der Waals surface area contributed by atoms with Gasteiger partial charge in [-0.15, -0.1) is 0 Å². The van der Waals surface area contributed by atoms with Crippen molar-refractivity contribution < 1.29 is 4.39 Å². The lowest BCUT2D eigenvalue weighted by atomic mass is 9.93. The molecule has 2 aromatic rings. The summed E-state index contributed by atoms with van der Waals surface area (Å²) >= 11 is 0. The van der Waals surface area contributed by atoms with E-state index in [2.05, 4.69) is 15.6 Å². The molecule has 0 saturated heterocycles. The topological polar surface area (TPSA) is 37.0 Å². The minimum absolute atomic E-state index is 0.0566. The van der Waals surface area contributed by atoms with E-state index in [1.807, 2.05) is 42.9 Å². The van der Waals surface area contributed by atoms with E-state index in [-0.39, 0.29) is 11.9 Å². The molecule has 2 N–H and O–H groups in total. The van der Waals surface area contributed by atoms with Crippen LogP contribution in [-0.4, -0.2) is 11.5 Å². The number of nitrogens with one attached hydrogen (secondary N) is 2. The molecule has 2 saturated carbocycles. The molecule has 0 radical (unpaired) electrons. The fourth-order valence-electron chi connectivity index (χ4n) is 3.13. The van der Waals surface area contributed by atoms with Gasteiger partial charge in [0, 0.05) is 18.6 Å². The molecule has 0 bridgehead atoms. The van der Waals surface area contributed by atoms with Crippen molar-refractivity contribution in [2.24, 2.45) is 5.92 Å². The molecule has 130 valence electrons. The van der Waals surface area contributed by atoms with E-state index in [0.717, 1.165) is 36.4 Å². The summed E-state index contributed by atoms with van der Waals surface area (Å²) in [5.74, 6) is 0.571. The highest BCUT2D eigenvalue weighted by molar-refractivity contribution is 5.51. The van der Waals surface area contributed by atoms with Gasteiger partial charge in [-0.25, -0.2) is 4.39 Å². The Labute approximate surface area is 148 Å². The molecule has 1 atom stereocenters. The maximum absolute atomic E-state index is 14.2. The number of nitrogens with zero attached hydrogens (tertiary/aromatic N) is 1. The Morgan fingerprint density at radius 2 is 1.92 bits per heavy atom. The van der Waals surface area contributed by atoms with Gasteiger partial charge in [0.1, 0.15) is 5.82 Å². The van der Waals surface area contributed by atoms with Crippen molar-refractivity contribution in [3.8, 4) is 0 Å². The van der Waals surface area contributed by atoms with Crippen LogP contribution in [0.25, 0.3) is 0 Å². The number of rotatable bonds is 7. The lowest BCUT2D eigenvalue weighted by molar-refractivity contribution is 0.571. The van der Waals surface area contributed by atoms with Crippen LogP contribution in [0.1, 0.15) is 49.3 Å². The summed E-state index contributed by atoms with van der Waals surface area (Å²) in [5, 5.41) is 6.82. The quantitative estimate of drug-likeness (QED) is 0.763. The number of anilines is 1. The molecule has 0 amide bonds. The Hall–Kier alpha value is -2.20. The maximum Gasteiger partial charge on any atom is 0.146 e. The number of benzene rings is 1. The summed E-state index contributed by atoms with van der Waals surface area (Å²) in [5.41, 5.74) is 4.14. The lowest BCUT2D eigenvalue weighted by Gasteiger charge is -2.21. The lowest BCUT2D eigenvalue weighted by Crippen LogP contribution is -2.24. The van der Waals surface area contributed by atoms with Crippen LogP contribution >= 0.6 is 0 Å². The van der Waals surface area contributed by atoms with Gasteiger partial charge in [0.2, 0.25) is 0 Å². The third-order valence-corrected chi connectivity index (χ3v) is 5.10. The van der Waals surface area contributed by atoms with Crippen LogP contribution in [-0.2, 0) is 0 Å². The first-order chi connectivity index (χ1) is 12.3. The normalized spacial score (nSPS) is 17.7. The SMILES string of the molecule is Fc1ccc(C(NCC2CC2)c2ccncc2)cc1NC=C1CCC1. The number of halogens is 1. The zero-order valence-electron chi connectivity index (χ0n) is 14.3. The van der Waals surface area contributed by atoms with E-state index >= 15 is 0 Å². The molecule has 3 nitrogen and oxygen atoms in total. The van der Waals surface area contributed by atoms with Gasteiger partial charge in [0.25, 0.3) is 0 Å². The predicted molar refractivity (Wildman–Crippen MR) is 98.8 cm³/mol. The molecule has 1 heterocycles.